The lowest BCUT2D eigenvalue weighted by Crippen LogP contribution is -2.52. The van der Waals surface area contributed by atoms with Crippen LogP contribution in [-0.2, 0) is 16.1 Å². The minimum Gasteiger partial charge on any atom is -0.497 e. The molecule has 0 spiro atoms. The molecule has 0 bridgehead atoms. The molecule has 0 aliphatic carbocycles. The van der Waals surface area contributed by atoms with E-state index in [1.54, 1.807) is 30.7 Å². The maximum absolute atomic E-state index is 13.1. The molecule has 7 heteroatoms. The highest BCUT2D eigenvalue weighted by Crippen LogP contribution is 2.22. The molecule has 2 rings (SSSR count). The lowest BCUT2D eigenvalue weighted by atomic mass is 10.1. The third-order valence-electron chi connectivity index (χ3n) is 4.79. The van der Waals surface area contributed by atoms with Crippen LogP contribution < -0.4 is 10.1 Å². The molecule has 0 heterocycles. The molecule has 0 radical (unpaired) electrons. The summed E-state index contributed by atoms with van der Waals surface area (Å²) in [7, 11) is 1.62. The second-order valence-corrected chi connectivity index (χ2v) is 10.3. The Morgan fingerprint density at radius 1 is 1.09 bits per heavy atom. The topological polar surface area (TPSA) is 58.6 Å². The molecule has 0 aliphatic rings. The van der Waals surface area contributed by atoms with Gasteiger partial charge in [-0.1, -0.05) is 23.7 Å². The van der Waals surface area contributed by atoms with E-state index in [0.717, 1.165) is 28.4 Å². The molecular formula is C25H33ClN2O3S. The summed E-state index contributed by atoms with van der Waals surface area (Å²) >= 11 is 7.62. The molecule has 1 atom stereocenters. The summed E-state index contributed by atoms with van der Waals surface area (Å²) < 4.78 is 5.22. The Kier molecular flexibility index (Phi) is 9.91. The minimum absolute atomic E-state index is 0.0333. The molecule has 0 saturated heterocycles. The van der Waals surface area contributed by atoms with Gasteiger partial charge < -0.3 is 15.0 Å². The summed E-state index contributed by atoms with van der Waals surface area (Å²) in [6.07, 6.45) is 1.10. The van der Waals surface area contributed by atoms with E-state index in [0.29, 0.717) is 18.0 Å². The van der Waals surface area contributed by atoms with Crippen LogP contribution >= 0.6 is 23.4 Å². The Morgan fingerprint density at radius 2 is 1.72 bits per heavy atom. The van der Waals surface area contributed by atoms with Crippen LogP contribution in [0.5, 0.6) is 5.75 Å². The van der Waals surface area contributed by atoms with Gasteiger partial charge in [0.05, 0.1) is 7.11 Å². The molecule has 1 N–H and O–H groups in total. The zero-order valence-corrected chi connectivity index (χ0v) is 21.1. The van der Waals surface area contributed by atoms with Gasteiger partial charge in [0.2, 0.25) is 11.8 Å². The van der Waals surface area contributed by atoms with E-state index in [9.17, 15) is 9.59 Å². The number of nitrogens with one attached hydrogen (secondary N) is 1. The van der Waals surface area contributed by atoms with Crippen molar-refractivity contribution in [3.63, 3.8) is 0 Å². The van der Waals surface area contributed by atoms with Gasteiger partial charge in [-0.15, -0.1) is 11.8 Å². The van der Waals surface area contributed by atoms with Crippen LogP contribution in [0.15, 0.2) is 53.4 Å². The van der Waals surface area contributed by atoms with Crippen molar-refractivity contribution in [2.24, 2.45) is 0 Å². The fraction of sp³-hybridized carbons (Fsp3) is 0.440. The van der Waals surface area contributed by atoms with Crippen LogP contribution in [0, 0.1) is 0 Å². The average Bonchev–Trinajstić information content (AvgIpc) is 2.75. The molecule has 0 saturated carbocycles. The number of thioether (sulfide) groups is 1. The van der Waals surface area contributed by atoms with Gasteiger partial charge in [-0.05, 0) is 81.8 Å². The van der Waals surface area contributed by atoms with Gasteiger partial charge in [0.15, 0.2) is 0 Å². The van der Waals surface area contributed by atoms with E-state index in [2.05, 4.69) is 5.32 Å². The number of halogens is 1. The van der Waals surface area contributed by atoms with Gasteiger partial charge in [-0.2, -0.15) is 0 Å². The van der Waals surface area contributed by atoms with Gasteiger partial charge in [0, 0.05) is 28.4 Å². The van der Waals surface area contributed by atoms with Crippen LogP contribution in [0.3, 0.4) is 0 Å². The molecule has 174 valence electrons. The van der Waals surface area contributed by atoms with Crippen molar-refractivity contribution in [1.82, 2.24) is 10.2 Å². The predicted molar refractivity (Wildman–Crippen MR) is 132 cm³/mol. The van der Waals surface area contributed by atoms with Crippen molar-refractivity contribution in [2.45, 2.75) is 63.6 Å². The molecule has 0 fully saturated rings. The van der Waals surface area contributed by atoms with Gasteiger partial charge in [-0.25, -0.2) is 0 Å². The Hall–Kier alpha value is -2.18. The lowest BCUT2D eigenvalue weighted by molar-refractivity contribution is -0.141. The highest BCUT2D eigenvalue weighted by atomic mass is 35.5. The molecular weight excluding hydrogens is 444 g/mol. The summed E-state index contributed by atoms with van der Waals surface area (Å²) in [6, 6.07) is 14.7. The number of carbonyl (C=O) groups is 2. The number of ether oxygens (including phenoxy) is 1. The standard InChI is InChI=1S/C25H33ClN2O3S/c1-18(24(30)27-25(2,3)4)28(17-19-8-12-21(31-5)13-9-19)23(29)7-6-16-32-22-14-10-20(26)11-15-22/h8-15,18H,6-7,16-17H2,1-5H3,(H,27,30). The van der Waals surface area contributed by atoms with E-state index in [4.69, 9.17) is 16.3 Å². The summed E-state index contributed by atoms with van der Waals surface area (Å²) in [5.74, 6) is 1.38. The van der Waals surface area contributed by atoms with E-state index in [-0.39, 0.29) is 17.4 Å². The smallest absolute Gasteiger partial charge is 0.242 e. The van der Waals surface area contributed by atoms with Gasteiger partial charge >= 0.3 is 0 Å². The highest BCUT2D eigenvalue weighted by Gasteiger charge is 2.28. The predicted octanol–water partition coefficient (Wildman–Crippen LogP) is 5.55. The van der Waals surface area contributed by atoms with Crippen LogP contribution in [-0.4, -0.2) is 41.2 Å². The fourth-order valence-corrected chi connectivity index (χ4v) is 4.05. The first-order valence-corrected chi connectivity index (χ1v) is 12.1. The number of benzene rings is 2. The normalized spacial score (nSPS) is 12.2. The SMILES string of the molecule is COc1ccc(CN(C(=O)CCCSc2ccc(Cl)cc2)C(C)C(=O)NC(C)(C)C)cc1. The Morgan fingerprint density at radius 3 is 2.28 bits per heavy atom. The third-order valence-corrected chi connectivity index (χ3v) is 6.15. The minimum atomic E-state index is -0.576. The van der Waals surface area contributed by atoms with Gasteiger partial charge in [0.1, 0.15) is 11.8 Å². The van der Waals surface area contributed by atoms with Crippen LogP contribution in [0.4, 0.5) is 0 Å². The first-order valence-electron chi connectivity index (χ1n) is 10.7. The quantitative estimate of drug-likeness (QED) is 0.360. The van der Waals surface area contributed by atoms with Crippen molar-refractivity contribution in [3.8, 4) is 5.75 Å². The van der Waals surface area contributed by atoms with Gasteiger partial charge in [-0.3, -0.25) is 9.59 Å². The summed E-state index contributed by atoms with van der Waals surface area (Å²) in [5, 5.41) is 3.69. The average molecular weight is 477 g/mol. The Balaban J connectivity index is 2.03. The van der Waals surface area contributed by atoms with E-state index < -0.39 is 6.04 Å². The fourth-order valence-electron chi connectivity index (χ4n) is 3.07. The summed E-state index contributed by atoms with van der Waals surface area (Å²) in [6.45, 7) is 7.95. The summed E-state index contributed by atoms with van der Waals surface area (Å²) in [5.41, 5.74) is 0.583. The zero-order chi connectivity index (χ0) is 23.7. The number of amides is 2. The highest BCUT2D eigenvalue weighted by molar-refractivity contribution is 7.99. The Labute approximate surface area is 200 Å². The number of carbonyl (C=O) groups excluding carboxylic acids is 2. The second-order valence-electron chi connectivity index (χ2n) is 8.69. The monoisotopic (exact) mass is 476 g/mol. The van der Waals surface area contributed by atoms with Crippen LogP contribution in [0.25, 0.3) is 0 Å². The van der Waals surface area contributed by atoms with Gasteiger partial charge in [0.25, 0.3) is 0 Å². The summed E-state index contributed by atoms with van der Waals surface area (Å²) in [4.78, 5) is 28.7. The second kappa shape index (κ2) is 12.2. The maximum Gasteiger partial charge on any atom is 0.242 e. The van der Waals surface area contributed by atoms with E-state index in [1.807, 2.05) is 69.3 Å². The van der Waals surface area contributed by atoms with Crippen molar-refractivity contribution in [3.05, 3.63) is 59.1 Å². The van der Waals surface area contributed by atoms with Crippen molar-refractivity contribution >= 4 is 35.2 Å². The number of hydrogen-bond acceptors (Lipinski definition) is 4. The van der Waals surface area contributed by atoms with Crippen molar-refractivity contribution < 1.29 is 14.3 Å². The Bertz CT molecular complexity index is 880. The zero-order valence-electron chi connectivity index (χ0n) is 19.5. The van der Waals surface area contributed by atoms with Crippen molar-refractivity contribution in [1.29, 1.82) is 0 Å². The van der Waals surface area contributed by atoms with E-state index in [1.165, 1.54) is 0 Å². The molecule has 5 nitrogen and oxygen atoms in total. The van der Waals surface area contributed by atoms with Crippen LogP contribution in [0.1, 0.15) is 46.1 Å². The number of rotatable bonds is 10. The third kappa shape index (κ3) is 8.75. The lowest BCUT2D eigenvalue weighted by Gasteiger charge is -2.31. The first-order chi connectivity index (χ1) is 15.1. The molecule has 0 aromatic heterocycles. The molecule has 1 unspecified atom stereocenters. The number of nitrogens with zero attached hydrogens (tertiary/aromatic N) is 1. The van der Waals surface area contributed by atoms with E-state index >= 15 is 0 Å². The van der Waals surface area contributed by atoms with Crippen LogP contribution in [0.2, 0.25) is 5.02 Å². The first kappa shape index (κ1) is 26.1. The largest absolute Gasteiger partial charge is 0.497 e. The molecule has 2 amide bonds. The number of methoxy groups -OCH3 is 1. The molecule has 2 aromatic rings. The maximum atomic E-state index is 13.1. The molecule has 32 heavy (non-hydrogen) atoms. The molecule has 2 aromatic carbocycles. The van der Waals surface area contributed by atoms with Crippen molar-refractivity contribution in [2.75, 3.05) is 12.9 Å². The molecule has 0 aliphatic heterocycles. The number of hydrogen-bond donors (Lipinski definition) is 1.